The van der Waals surface area contributed by atoms with Crippen LogP contribution >= 0.6 is 0 Å². The second-order valence-corrected chi connectivity index (χ2v) is 4.96. The molecule has 3 unspecified atom stereocenters. The number of aliphatic hydroxyl groups is 1. The van der Waals surface area contributed by atoms with Crippen LogP contribution in [0.4, 0.5) is 0 Å². The number of nitrogens with two attached hydrogens (primary N) is 1. The molecule has 0 saturated carbocycles. The highest BCUT2D eigenvalue weighted by Crippen LogP contribution is 2.22. The van der Waals surface area contributed by atoms with Crippen molar-refractivity contribution in [2.75, 3.05) is 13.1 Å². The zero-order valence-electron chi connectivity index (χ0n) is 10.7. The molecule has 18 heavy (non-hydrogen) atoms. The summed E-state index contributed by atoms with van der Waals surface area (Å²) >= 11 is 0. The van der Waals surface area contributed by atoms with Gasteiger partial charge in [-0.15, -0.1) is 0 Å². The lowest BCUT2D eigenvalue weighted by atomic mass is 9.87. The fourth-order valence-corrected chi connectivity index (χ4v) is 2.07. The van der Waals surface area contributed by atoms with E-state index in [-0.39, 0.29) is 30.8 Å². The summed E-state index contributed by atoms with van der Waals surface area (Å²) in [6.45, 7) is 3.03. The highest BCUT2D eigenvalue weighted by Gasteiger charge is 2.24. The van der Waals surface area contributed by atoms with E-state index in [0.717, 1.165) is 0 Å². The molecule has 0 amide bonds. The van der Waals surface area contributed by atoms with Crippen LogP contribution in [0.2, 0.25) is 0 Å². The van der Waals surface area contributed by atoms with Crippen molar-refractivity contribution >= 4 is 0 Å². The van der Waals surface area contributed by atoms with Gasteiger partial charge in [-0.25, -0.2) is 0 Å². The molecule has 0 aromatic rings. The Morgan fingerprint density at radius 3 is 1.61 bits per heavy atom. The van der Waals surface area contributed by atoms with E-state index in [1.807, 2.05) is 0 Å². The van der Waals surface area contributed by atoms with E-state index in [2.05, 4.69) is 0 Å². The van der Waals surface area contributed by atoms with E-state index < -0.39 is 16.1 Å². The minimum Gasteiger partial charge on any atom is -0.379 e. The number of nitrogens with zero attached hydrogens (tertiary/aromatic N) is 2. The molecule has 0 bridgehead atoms. The third kappa shape index (κ3) is 7.91. The first kappa shape index (κ1) is 16.7. The largest absolute Gasteiger partial charge is 0.379 e. The summed E-state index contributed by atoms with van der Waals surface area (Å²) in [5.41, 5.74) is 5.41. The summed E-state index contributed by atoms with van der Waals surface area (Å²) in [6.07, 6.45) is -0.324. The quantitative estimate of drug-likeness (QED) is 0.353. The summed E-state index contributed by atoms with van der Waals surface area (Å²) in [5, 5.41) is 30.1. The Kier molecular flexibility index (Phi) is 7.37. The van der Waals surface area contributed by atoms with Crippen molar-refractivity contribution in [1.29, 1.82) is 0 Å². The van der Waals surface area contributed by atoms with Crippen LogP contribution in [-0.2, 0) is 0 Å². The van der Waals surface area contributed by atoms with Crippen molar-refractivity contribution in [1.82, 2.24) is 0 Å². The molecule has 8 nitrogen and oxygen atoms in total. The van der Waals surface area contributed by atoms with Crippen LogP contribution in [0.5, 0.6) is 0 Å². The predicted molar refractivity (Wildman–Crippen MR) is 65.0 cm³/mol. The van der Waals surface area contributed by atoms with Gasteiger partial charge >= 0.3 is 0 Å². The van der Waals surface area contributed by atoms with Crippen LogP contribution in [0.15, 0.2) is 0 Å². The van der Waals surface area contributed by atoms with Gasteiger partial charge in [0.25, 0.3) is 0 Å². The second kappa shape index (κ2) is 7.93. The Balaban J connectivity index is 4.30. The minimum atomic E-state index is -1.10. The van der Waals surface area contributed by atoms with Crippen LogP contribution in [0.1, 0.15) is 26.7 Å². The fraction of sp³-hybridized carbons (Fsp3) is 1.00. The highest BCUT2D eigenvalue weighted by atomic mass is 16.6. The Hall–Kier alpha value is -1.28. The number of nitro groups is 2. The Bertz CT molecular complexity index is 261. The van der Waals surface area contributed by atoms with Crippen LogP contribution in [-0.4, -0.2) is 34.3 Å². The van der Waals surface area contributed by atoms with Gasteiger partial charge < -0.3 is 10.8 Å². The molecule has 0 aliphatic rings. The van der Waals surface area contributed by atoms with Gasteiger partial charge in [0.2, 0.25) is 13.1 Å². The first-order valence-electron chi connectivity index (χ1n) is 5.89. The smallest absolute Gasteiger partial charge is 0.206 e. The molecule has 0 spiro atoms. The minimum absolute atomic E-state index is 0.188. The molecule has 0 aliphatic carbocycles. The van der Waals surface area contributed by atoms with Crippen LogP contribution in [0.25, 0.3) is 0 Å². The van der Waals surface area contributed by atoms with Crippen LogP contribution < -0.4 is 5.73 Å². The topological polar surface area (TPSA) is 133 Å². The molecule has 0 heterocycles. The molecule has 0 fully saturated rings. The molecular formula is C10H21N3O5. The van der Waals surface area contributed by atoms with Crippen molar-refractivity contribution in [3.63, 3.8) is 0 Å². The van der Waals surface area contributed by atoms with E-state index >= 15 is 0 Å². The summed E-state index contributed by atoms with van der Waals surface area (Å²) in [5.74, 6) is -0.785. The number of hydrogen-bond acceptors (Lipinski definition) is 6. The molecule has 0 aromatic heterocycles. The zero-order chi connectivity index (χ0) is 14.3. The SMILES string of the molecule is CC(CC(CC(C)C[N+](=O)[O-])C(N)O)C[N+](=O)[O-]. The van der Waals surface area contributed by atoms with Crippen molar-refractivity contribution < 1.29 is 15.0 Å². The summed E-state index contributed by atoms with van der Waals surface area (Å²) < 4.78 is 0. The third-order valence-corrected chi connectivity index (χ3v) is 2.81. The van der Waals surface area contributed by atoms with Gasteiger partial charge in [0.15, 0.2) is 0 Å². The fourth-order valence-electron chi connectivity index (χ4n) is 2.07. The summed E-state index contributed by atoms with van der Waals surface area (Å²) in [7, 11) is 0. The van der Waals surface area contributed by atoms with E-state index in [1.54, 1.807) is 13.8 Å². The van der Waals surface area contributed by atoms with Crippen molar-refractivity contribution in [2.24, 2.45) is 23.5 Å². The van der Waals surface area contributed by atoms with Gasteiger partial charge in [-0.3, -0.25) is 20.2 Å². The normalized spacial score (nSPS) is 17.8. The van der Waals surface area contributed by atoms with E-state index in [1.165, 1.54) is 0 Å². The molecule has 3 N–H and O–H groups in total. The Labute approximate surface area is 105 Å². The average Bonchev–Trinajstić information content (AvgIpc) is 2.13. The van der Waals surface area contributed by atoms with Gasteiger partial charge in [-0.1, -0.05) is 13.8 Å². The molecule has 3 atom stereocenters. The van der Waals surface area contributed by atoms with Gasteiger partial charge in [0, 0.05) is 21.7 Å². The van der Waals surface area contributed by atoms with Crippen LogP contribution in [0, 0.1) is 38.0 Å². The molecular weight excluding hydrogens is 242 g/mol. The van der Waals surface area contributed by atoms with Gasteiger partial charge in [0.1, 0.15) is 6.23 Å². The first-order valence-corrected chi connectivity index (χ1v) is 5.89. The Morgan fingerprint density at radius 2 is 1.39 bits per heavy atom. The molecule has 106 valence electrons. The molecule has 0 saturated heterocycles. The van der Waals surface area contributed by atoms with Crippen LogP contribution in [0.3, 0.4) is 0 Å². The second-order valence-electron chi connectivity index (χ2n) is 4.96. The van der Waals surface area contributed by atoms with Crippen molar-refractivity contribution in [3.8, 4) is 0 Å². The molecule has 0 aromatic carbocycles. The van der Waals surface area contributed by atoms with Crippen molar-refractivity contribution in [3.05, 3.63) is 20.2 Å². The maximum atomic E-state index is 10.4. The zero-order valence-corrected chi connectivity index (χ0v) is 10.7. The number of rotatable bonds is 9. The third-order valence-electron chi connectivity index (χ3n) is 2.81. The van der Waals surface area contributed by atoms with Gasteiger partial charge in [-0.2, -0.15) is 0 Å². The Morgan fingerprint density at radius 1 is 1.06 bits per heavy atom. The maximum Gasteiger partial charge on any atom is 0.206 e. The molecule has 0 rings (SSSR count). The van der Waals surface area contributed by atoms with E-state index in [0.29, 0.717) is 12.8 Å². The predicted octanol–water partition coefficient (Wildman–Crippen LogP) is 0.486. The number of hydrogen-bond donors (Lipinski definition) is 2. The lowest BCUT2D eigenvalue weighted by Crippen LogP contribution is -2.34. The monoisotopic (exact) mass is 263 g/mol. The molecule has 8 heteroatoms. The lowest BCUT2D eigenvalue weighted by Gasteiger charge is -2.23. The molecule has 0 radical (unpaired) electrons. The maximum absolute atomic E-state index is 10.4. The first-order chi connectivity index (χ1) is 8.22. The van der Waals surface area contributed by atoms with Gasteiger partial charge in [-0.05, 0) is 18.8 Å². The lowest BCUT2D eigenvalue weighted by molar-refractivity contribution is -0.489. The van der Waals surface area contributed by atoms with Gasteiger partial charge in [0.05, 0.1) is 0 Å². The molecule has 0 aliphatic heterocycles. The standard InChI is InChI=1S/C10H21N3O5/c1-7(5-12(15)16)3-9(10(11)14)4-8(2)6-13(17)18/h7-10,14H,3-6,11H2,1-2H3. The summed E-state index contributed by atoms with van der Waals surface area (Å²) in [4.78, 5) is 19.9. The highest BCUT2D eigenvalue weighted by molar-refractivity contribution is 4.70. The van der Waals surface area contributed by atoms with Crippen molar-refractivity contribution in [2.45, 2.75) is 32.9 Å². The number of aliphatic hydroxyl groups excluding tert-OH is 1. The van der Waals surface area contributed by atoms with E-state index in [9.17, 15) is 25.3 Å². The average molecular weight is 263 g/mol. The van der Waals surface area contributed by atoms with E-state index in [4.69, 9.17) is 5.73 Å². The summed E-state index contributed by atoms with van der Waals surface area (Å²) in [6, 6.07) is 0.